The molecule has 0 fully saturated rings. The van der Waals surface area contributed by atoms with Crippen LogP contribution >= 0.6 is 0 Å². The molecule has 0 radical (unpaired) electrons. The molecule has 0 aliphatic carbocycles. The van der Waals surface area contributed by atoms with Gasteiger partial charge in [0.1, 0.15) is 12.4 Å². The van der Waals surface area contributed by atoms with Gasteiger partial charge in [-0.1, -0.05) is 24.3 Å². The fourth-order valence-electron chi connectivity index (χ4n) is 2.79. The number of aromatic nitrogens is 2. The van der Waals surface area contributed by atoms with Crippen LogP contribution in [0.3, 0.4) is 0 Å². The zero-order chi connectivity index (χ0) is 17.5. The summed E-state index contributed by atoms with van der Waals surface area (Å²) < 4.78 is 13.3. The first-order valence-corrected chi connectivity index (χ1v) is 8.20. The van der Waals surface area contributed by atoms with Crippen LogP contribution in [0.2, 0.25) is 0 Å². The Morgan fingerprint density at radius 3 is 2.68 bits per heavy atom. The molecular formula is C19H21N3O3. The lowest BCUT2D eigenvalue weighted by Gasteiger charge is -2.12. The summed E-state index contributed by atoms with van der Waals surface area (Å²) >= 11 is 0. The molecule has 0 aliphatic rings. The highest BCUT2D eigenvalue weighted by Gasteiger charge is 2.10. The van der Waals surface area contributed by atoms with Gasteiger partial charge in [-0.2, -0.15) is 0 Å². The minimum atomic E-state index is 0.495. The molecule has 1 heterocycles. The van der Waals surface area contributed by atoms with Gasteiger partial charge in [0.2, 0.25) is 6.41 Å². The van der Waals surface area contributed by atoms with Crippen LogP contribution in [0.15, 0.2) is 48.5 Å². The minimum absolute atomic E-state index is 0.495. The van der Waals surface area contributed by atoms with E-state index in [4.69, 9.17) is 9.47 Å². The highest BCUT2D eigenvalue weighted by Crippen LogP contribution is 2.26. The molecule has 1 N–H and O–H groups in total. The van der Waals surface area contributed by atoms with Gasteiger partial charge in [-0.15, -0.1) is 0 Å². The molecule has 0 atom stereocenters. The van der Waals surface area contributed by atoms with E-state index in [0.717, 1.165) is 22.6 Å². The largest absolute Gasteiger partial charge is 0.493 e. The average molecular weight is 339 g/mol. The molecular weight excluding hydrogens is 318 g/mol. The van der Waals surface area contributed by atoms with Gasteiger partial charge in [0.15, 0.2) is 11.5 Å². The number of nitrogens with one attached hydrogen (secondary N) is 1. The minimum Gasteiger partial charge on any atom is -0.493 e. The first kappa shape index (κ1) is 16.8. The number of benzene rings is 2. The standard InChI is InChI=1S/C19H21N3O3/c1-24-17-8-4-5-9-18(17)25-13-12-22-16-7-3-2-6-15(16)21-19(22)10-11-20-14-23/h2-9,14H,10-13H2,1H3,(H,20,23). The van der Waals surface area contributed by atoms with E-state index in [1.54, 1.807) is 7.11 Å². The molecule has 25 heavy (non-hydrogen) atoms. The molecule has 130 valence electrons. The Morgan fingerprint density at radius 1 is 1.12 bits per heavy atom. The van der Waals surface area contributed by atoms with Gasteiger partial charge < -0.3 is 19.4 Å². The quantitative estimate of drug-likeness (QED) is 0.480. The number of hydrogen-bond donors (Lipinski definition) is 1. The van der Waals surface area contributed by atoms with Crippen LogP contribution in [0.25, 0.3) is 11.0 Å². The second kappa shape index (κ2) is 8.19. The Balaban J connectivity index is 1.75. The normalized spacial score (nSPS) is 10.6. The number of ether oxygens (including phenoxy) is 2. The van der Waals surface area contributed by atoms with Crippen molar-refractivity contribution in [2.75, 3.05) is 20.3 Å². The highest BCUT2D eigenvalue weighted by molar-refractivity contribution is 5.75. The molecule has 1 aromatic heterocycles. The van der Waals surface area contributed by atoms with Crippen molar-refractivity contribution in [2.45, 2.75) is 13.0 Å². The van der Waals surface area contributed by atoms with Crippen molar-refractivity contribution in [3.8, 4) is 11.5 Å². The Labute approximate surface area is 146 Å². The molecule has 0 saturated heterocycles. The maximum Gasteiger partial charge on any atom is 0.207 e. The Morgan fingerprint density at radius 2 is 1.88 bits per heavy atom. The molecule has 2 aromatic carbocycles. The summed E-state index contributed by atoms with van der Waals surface area (Å²) in [7, 11) is 1.63. The number of hydrogen-bond acceptors (Lipinski definition) is 4. The molecule has 6 nitrogen and oxygen atoms in total. The van der Waals surface area contributed by atoms with Gasteiger partial charge in [0.25, 0.3) is 0 Å². The number of para-hydroxylation sites is 4. The van der Waals surface area contributed by atoms with Crippen LogP contribution in [-0.2, 0) is 17.8 Å². The maximum absolute atomic E-state index is 10.5. The van der Waals surface area contributed by atoms with E-state index in [9.17, 15) is 4.79 Å². The lowest BCUT2D eigenvalue weighted by molar-refractivity contribution is -0.109. The molecule has 0 bridgehead atoms. The smallest absolute Gasteiger partial charge is 0.207 e. The Bertz CT molecular complexity index is 845. The van der Waals surface area contributed by atoms with E-state index in [2.05, 4.69) is 14.9 Å². The molecule has 6 heteroatoms. The van der Waals surface area contributed by atoms with Crippen molar-refractivity contribution in [2.24, 2.45) is 0 Å². The SMILES string of the molecule is COc1ccccc1OCCn1c(CCNC=O)nc2ccccc21. The van der Waals surface area contributed by atoms with Crippen LogP contribution in [0.5, 0.6) is 11.5 Å². The maximum atomic E-state index is 10.5. The molecule has 0 unspecified atom stereocenters. The van der Waals surface area contributed by atoms with Crippen molar-refractivity contribution in [3.63, 3.8) is 0 Å². The van der Waals surface area contributed by atoms with Crippen molar-refractivity contribution >= 4 is 17.4 Å². The fourth-order valence-corrected chi connectivity index (χ4v) is 2.79. The molecule has 0 spiro atoms. The summed E-state index contributed by atoms with van der Waals surface area (Å²) in [6, 6.07) is 15.6. The van der Waals surface area contributed by atoms with Gasteiger partial charge in [0, 0.05) is 13.0 Å². The number of nitrogens with zero attached hydrogens (tertiary/aromatic N) is 2. The lowest BCUT2D eigenvalue weighted by atomic mass is 10.3. The van der Waals surface area contributed by atoms with E-state index in [-0.39, 0.29) is 0 Å². The van der Waals surface area contributed by atoms with E-state index >= 15 is 0 Å². The summed E-state index contributed by atoms with van der Waals surface area (Å²) in [5.74, 6) is 2.37. The average Bonchev–Trinajstić information content (AvgIpc) is 3.00. The van der Waals surface area contributed by atoms with E-state index in [0.29, 0.717) is 38.3 Å². The van der Waals surface area contributed by atoms with Crippen molar-refractivity contribution < 1.29 is 14.3 Å². The number of fused-ring (bicyclic) bond motifs is 1. The monoisotopic (exact) mass is 339 g/mol. The summed E-state index contributed by atoms with van der Waals surface area (Å²) in [6.45, 7) is 1.71. The molecule has 0 aliphatic heterocycles. The fraction of sp³-hybridized carbons (Fsp3) is 0.263. The summed E-state index contributed by atoms with van der Waals surface area (Å²) in [5.41, 5.74) is 2.01. The van der Waals surface area contributed by atoms with Gasteiger partial charge in [-0.25, -0.2) is 4.98 Å². The third-order valence-electron chi connectivity index (χ3n) is 3.95. The highest BCUT2D eigenvalue weighted by atomic mass is 16.5. The van der Waals surface area contributed by atoms with Crippen molar-refractivity contribution in [1.82, 2.24) is 14.9 Å². The van der Waals surface area contributed by atoms with E-state index in [1.165, 1.54) is 0 Å². The Kier molecular flexibility index (Phi) is 5.51. The van der Waals surface area contributed by atoms with Gasteiger partial charge in [0.05, 0.1) is 24.7 Å². The predicted octanol–water partition coefficient (Wildman–Crippen LogP) is 2.41. The van der Waals surface area contributed by atoms with Crippen molar-refractivity contribution in [3.05, 3.63) is 54.4 Å². The number of carbonyl (C=O) groups is 1. The van der Waals surface area contributed by atoms with Crippen LogP contribution in [0.4, 0.5) is 0 Å². The third kappa shape index (κ3) is 3.91. The summed E-state index contributed by atoms with van der Waals surface area (Å²) in [4.78, 5) is 15.1. The van der Waals surface area contributed by atoms with Crippen molar-refractivity contribution in [1.29, 1.82) is 0 Å². The van der Waals surface area contributed by atoms with Crippen LogP contribution < -0.4 is 14.8 Å². The number of imidazole rings is 1. The van der Waals surface area contributed by atoms with Crippen LogP contribution in [0, 0.1) is 0 Å². The van der Waals surface area contributed by atoms with Crippen LogP contribution in [-0.4, -0.2) is 36.2 Å². The van der Waals surface area contributed by atoms with E-state index < -0.39 is 0 Å². The van der Waals surface area contributed by atoms with Gasteiger partial charge in [-0.05, 0) is 24.3 Å². The molecule has 1 amide bonds. The predicted molar refractivity (Wildman–Crippen MR) is 96.0 cm³/mol. The second-order valence-electron chi connectivity index (χ2n) is 5.49. The zero-order valence-corrected chi connectivity index (χ0v) is 14.1. The number of rotatable bonds is 9. The lowest BCUT2D eigenvalue weighted by Crippen LogP contribution is -2.18. The molecule has 3 rings (SSSR count). The number of amides is 1. The first-order valence-electron chi connectivity index (χ1n) is 8.20. The van der Waals surface area contributed by atoms with Gasteiger partial charge in [-0.3, -0.25) is 4.79 Å². The first-order chi connectivity index (χ1) is 12.3. The van der Waals surface area contributed by atoms with E-state index in [1.807, 2.05) is 48.5 Å². The molecule has 0 saturated carbocycles. The zero-order valence-electron chi connectivity index (χ0n) is 14.1. The Hall–Kier alpha value is -3.02. The summed E-state index contributed by atoms with van der Waals surface area (Å²) in [5, 5.41) is 2.68. The van der Waals surface area contributed by atoms with Crippen LogP contribution in [0.1, 0.15) is 5.82 Å². The number of methoxy groups -OCH3 is 1. The molecule has 3 aromatic rings. The number of carbonyl (C=O) groups excluding carboxylic acids is 1. The summed E-state index contributed by atoms with van der Waals surface area (Å²) in [6.07, 6.45) is 1.37. The second-order valence-corrected chi connectivity index (χ2v) is 5.49. The third-order valence-corrected chi connectivity index (χ3v) is 3.95. The van der Waals surface area contributed by atoms with Gasteiger partial charge >= 0.3 is 0 Å². The topological polar surface area (TPSA) is 65.4 Å².